The van der Waals surface area contributed by atoms with Crippen molar-refractivity contribution in [3.8, 4) is 0 Å². The summed E-state index contributed by atoms with van der Waals surface area (Å²) in [5, 5.41) is 4.22. The molecule has 6 heteroatoms. The minimum Gasteiger partial charge on any atom is -0.472 e. The van der Waals surface area contributed by atoms with Crippen molar-refractivity contribution in [2.45, 2.75) is 50.6 Å². The first-order chi connectivity index (χ1) is 11.9. The molecule has 2 aromatic heterocycles. The van der Waals surface area contributed by atoms with Gasteiger partial charge in [-0.1, -0.05) is 0 Å². The zero-order valence-corrected chi connectivity index (χ0v) is 13.9. The van der Waals surface area contributed by atoms with Crippen molar-refractivity contribution in [2.75, 3.05) is 19.8 Å². The molecular weight excluding hydrogens is 306 g/mol. The summed E-state index contributed by atoms with van der Waals surface area (Å²) in [5.74, 6) is 0. The van der Waals surface area contributed by atoms with Crippen molar-refractivity contribution >= 4 is 0 Å². The van der Waals surface area contributed by atoms with Crippen LogP contribution in [0, 0.1) is 0 Å². The van der Waals surface area contributed by atoms with Gasteiger partial charge < -0.3 is 13.9 Å². The molecule has 2 fully saturated rings. The molecule has 2 aromatic rings. The van der Waals surface area contributed by atoms with Gasteiger partial charge in [-0.2, -0.15) is 5.10 Å². The third-order valence-electron chi connectivity index (χ3n) is 4.97. The van der Waals surface area contributed by atoms with E-state index in [1.807, 2.05) is 35.5 Å². The van der Waals surface area contributed by atoms with E-state index in [1.165, 1.54) is 12.0 Å². The number of aromatic nitrogens is 2. The van der Waals surface area contributed by atoms with E-state index in [0.717, 1.165) is 45.7 Å². The van der Waals surface area contributed by atoms with Crippen LogP contribution in [-0.2, 0) is 22.6 Å². The van der Waals surface area contributed by atoms with E-state index >= 15 is 0 Å². The molecule has 0 saturated carbocycles. The number of aryl methyl sites for hydroxylation is 1. The third-order valence-corrected chi connectivity index (χ3v) is 4.97. The van der Waals surface area contributed by atoms with E-state index in [0.29, 0.717) is 6.04 Å². The van der Waals surface area contributed by atoms with Crippen LogP contribution < -0.4 is 0 Å². The Labute approximate surface area is 142 Å². The Morgan fingerprint density at radius 3 is 3.21 bits per heavy atom. The maximum atomic E-state index is 6.19. The number of nitrogens with zero attached hydrogens (tertiary/aromatic N) is 3. The van der Waals surface area contributed by atoms with Gasteiger partial charge in [-0.3, -0.25) is 9.58 Å². The molecule has 2 aliphatic heterocycles. The summed E-state index contributed by atoms with van der Waals surface area (Å²) >= 11 is 0. The van der Waals surface area contributed by atoms with Gasteiger partial charge in [-0.15, -0.1) is 0 Å². The van der Waals surface area contributed by atoms with Crippen LogP contribution in [-0.4, -0.2) is 52.7 Å². The molecule has 2 saturated heterocycles. The number of furan rings is 1. The Balaban J connectivity index is 1.30. The van der Waals surface area contributed by atoms with Gasteiger partial charge in [0.05, 0.1) is 18.6 Å². The summed E-state index contributed by atoms with van der Waals surface area (Å²) in [7, 11) is 0. The number of rotatable bonds is 7. The average Bonchev–Trinajstić information content (AvgIpc) is 3.35. The summed E-state index contributed by atoms with van der Waals surface area (Å²) in [6, 6.07) is 4.45. The fourth-order valence-electron chi connectivity index (χ4n) is 3.84. The lowest BCUT2D eigenvalue weighted by Crippen LogP contribution is -2.41. The van der Waals surface area contributed by atoms with Crippen LogP contribution in [0.2, 0.25) is 0 Å². The topological polar surface area (TPSA) is 52.7 Å². The molecule has 130 valence electrons. The lowest BCUT2D eigenvalue weighted by atomic mass is 10.0. The van der Waals surface area contributed by atoms with Crippen LogP contribution in [0.4, 0.5) is 0 Å². The van der Waals surface area contributed by atoms with Gasteiger partial charge in [0.25, 0.3) is 0 Å². The van der Waals surface area contributed by atoms with Crippen molar-refractivity contribution in [3.05, 3.63) is 42.6 Å². The molecule has 4 heterocycles. The predicted molar refractivity (Wildman–Crippen MR) is 88.5 cm³/mol. The quantitative estimate of drug-likeness (QED) is 0.729. The molecule has 0 bridgehead atoms. The van der Waals surface area contributed by atoms with Gasteiger partial charge in [0.1, 0.15) is 6.10 Å². The molecule has 0 amide bonds. The summed E-state index contributed by atoms with van der Waals surface area (Å²) in [5.41, 5.74) is 1.22. The molecule has 0 spiro atoms. The van der Waals surface area contributed by atoms with Crippen LogP contribution in [0.25, 0.3) is 0 Å². The van der Waals surface area contributed by atoms with E-state index in [4.69, 9.17) is 13.9 Å². The molecule has 6 nitrogen and oxygen atoms in total. The Bertz CT molecular complexity index is 599. The minimum atomic E-state index is 0.167. The van der Waals surface area contributed by atoms with Crippen LogP contribution >= 0.6 is 0 Å². The molecule has 0 aliphatic carbocycles. The molecule has 4 rings (SSSR count). The zero-order valence-electron chi connectivity index (χ0n) is 13.9. The molecular formula is C18H25N3O3. The minimum absolute atomic E-state index is 0.167. The smallest absolute Gasteiger partial charge is 0.100 e. The number of fused-ring (bicyclic) bond motifs is 1. The van der Waals surface area contributed by atoms with E-state index in [2.05, 4.69) is 10.00 Å². The number of ether oxygens (including phenoxy) is 2. The van der Waals surface area contributed by atoms with E-state index in [-0.39, 0.29) is 12.2 Å². The largest absolute Gasteiger partial charge is 0.472 e. The first-order valence-electron chi connectivity index (χ1n) is 8.86. The van der Waals surface area contributed by atoms with Gasteiger partial charge >= 0.3 is 0 Å². The second-order valence-electron chi connectivity index (χ2n) is 6.64. The predicted octanol–water partition coefficient (Wildman–Crippen LogP) is 2.31. The highest BCUT2D eigenvalue weighted by atomic mass is 16.5. The van der Waals surface area contributed by atoms with Gasteiger partial charge in [-0.05, 0) is 31.4 Å². The van der Waals surface area contributed by atoms with Crippen molar-refractivity contribution in [1.29, 1.82) is 0 Å². The molecule has 3 atom stereocenters. The Morgan fingerprint density at radius 2 is 2.38 bits per heavy atom. The molecule has 0 aromatic carbocycles. The number of hydrogen-bond acceptors (Lipinski definition) is 5. The highest BCUT2D eigenvalue weighted by molar-refractivity contribution is 5.08. The van der Waals surface area contributed by atoms with E-state index in [1.54, 1.807) is 6.26 Å². The molecule has 0 unspecified atom stereocenters. The van der Waals surface area contributed by atoms with E-state index < -0.39 is 0 Å². The Kier molecular flexibility index (Phi) is 4.96. The van der Waals surface area contributed by atoms with Crippen molar-refractivity contribution < 1.29 is 13.9 Å². The van der Waals surface area contributed by atoms with Crippen LogP contribution in [0.5, 0.6) is 0 Å². The van der Waals surface area contributed by atoms with Crippen molar-refractivity contribution in [3.63, 3.8) is 0 Å². The first-order valence-corrected chi connectivity index (χ1v) is 8.86. The van der Waals surface area contributed by atoms with Crippen molar-refractivity contribution in [1.82, 2.24) is 14.7 Å². The Hall–Kier alpha value is -1.63. The second-order valence-corrected chi connectivity index (χ2v) is 6.64. The summed E-state index contributed by atoms with van der Waals surface area (Å²) in [4.78, 5) is 2.49. The molecule has 0 radical (unpaired) electrons. The molecule has 2 aliphatic rings. The lowest BCUT2D eigenvalue weighted by molar-refractivity contribution is -0.0780. The zero-order chi connectivity index (χ0) is 16.2. The number of hydrogen-bond donors (Lipinski definition) is 0. The standard InChI is InChI=1S/C18H25N3O3/c1-4-16-18(24-9-1)17(13-20(16)12-15-5-11-22-14-15)23-10-3-8-21-7-2-6-19-21/h2,5-7,11,14,16-18H,1,3-4,8-10,12-13H2/t16-,17-,18+/m1/s1. The lowest BCUT2D eigenvalue weighted by Gasteiger charge is -2.32. The van der Waals surface area contributed by atoms with Crippen LogP contribution in [0.15, 0.2) is 41.5 Å². The molecule has 24 heavy (non-hydrogen) atoms. The van der Waals surface area contributed by atoms with Gasteiger partial charge in [0.15, 0.2) is 0 Å². The number of likely N-dealkylation sites (tertiary alicyclic amines) is 1. The summed E-state index contributed by atoms with van der Waals surface area (Å²) in [6.07, 6.45) is 11.0. The van der Waals surface area contributed by atoms with Gasteiger partial charge in [-0.25, -0.2) is 0 Å². The normalized spacial score (nSPS) is 27.4. The SMILES string of the molecule is c1cnn(CCCO[C@@H]2CN(Cc3ccoc3)[C@@H]3CCCO[C@@H]32)c1. The van der Waals surface area contributed by atoms with Crippen LogP contribution in [0.3, 0.4) is 0 Å². The fourth-order valence-corrected chi connectivity index (χ4v) is 3.84. The first kappa shape index (κ1) is 15.9. The summed E-state index contributed by atoms with van der Waals surface area (Å²) < 4.78 is 19.4. The molecule has 0 N–H and O–H groups in total. The monoisotopic (exact) mass is 331 g/mol. The maximum absolute atomic E-state index is 6.19. The van der Waals surface area contributed by atoms with Gasteiger partial charge in [0, 0.05) is 56.8 Å². The third kappa shape index (κ3) is 3.55. The highest BCUT2D eigenvalue weighted by Crippen LogP contribution is 2.31. The Morgan fingerprint density at radius 1 is 1.38 bits per heavy atom. The summed E-state index contributed by atoms with van der Waals surface area (Å²) in [6.45, 7) is 4.34. The van der Waals surface area contributed by atoms with E-state index in [9.17, 15) is 0 Å². The van der Waals surface area contributed by atoms with Gasteiger partial charge in [0.2, 0.25) is 0 Å². The van der Waals surface area contributed by atoms with Crippen LogP contribution in [0.1, 0.15) is 24.8 Å². The van der Waals surface area contributed by atoms with Crippen molar-refractivity contribution in [2.24, 2.45) is 0 Å². The highest BCUT2D eigenvalue weighted by Gasteiger charge is 2.44. The average molecular weight is 331 g/mol. The second kappa shape index (κ2) is 7.51. The fraction of sp³-hybridized carbons (Fsp3) is 0.611. The maximum Gasteiger partial charge on any atom is 0.100 e.